The first-order valence-corrected chi connectivity index (χ1v) is 6.82. The van der Waals surface area contributed by atoms with Gasteiger partial charge in [-0.25, -0.2) is 0 Å². The van der Waals surface area contributed by atoms with Gasteiger partial charge in [-0.15, -0.1) is 0 Å². The van der Waals surface area contributed by atoms with Gasteiger partial charge in [-0.1, -0.05) is 26.8 Å². The molecule has 5 nitrogen and oxygen atoms in total. The summed E-state index contributed by atoms with van der Waals surface area (Å²) in [4.78, 5) is 34.4. The Kier molecular flexibility index (Phi) is 3.27. The van der Waals surface area contributed by atoms with Gasteiger partial charge in [0.15, 0.2) is 5.78 Å². The third-order valence-electron chi connectivity index (χ3n) is 5.46. The Balaban J connectivity index is 2.38. The van der Waals surface area contributed by atoms with Gasteiger partial charge >= 0.3 is 11.9 Å². The minimum atomic E-state index is -1.20. The lowest BCUT2D eigenvalue weighted by molar-refractivity contribution is -0.146. The van der Waals surface area contributed by atoms with Crippen LogP contribution in [0.4, 0.5) is 0 Å². The van der Waals surface area contributed by atoms with Gasteiger partial charge in [0.2, 0.25) is 0 Å². The van der Waals surface area contributed by atoms with Gasteiger partial charge in [0, 0.05) is 5.41 Å². The predicted molar refractivity (Wildman–Crippen MR) is 71.1 cm³/mol. The quantitative estimate of drug-likeness (QED) is 0.769. The molecule has 2 aliphatic carbocycles. The van der Waals surface area contributed by atoms with Crippen molar-refractivity contribution in [1.82, 2.24) is 0 Å². The zero-order valence-corrected chi connectivity index (χ0v) is 12.0. The Bertz CT molecular complexity index is 516. The van der Waals surface area contributed by atoms with E-state index in [0.29, 0.717) is 5.57 Å². The molecule has 20 heavy (non-hydrogen) atoms. The number of carboxylic acid groups (broad SMARTS) is 2. The number of hydrogen-bond acceptors (Lipinski definition) is 3. The molecule has 0 heterocycles. The lowest BCUT2D eigenvalue weighted by Crippen LogP contribution is -2.32. The van der Waals surface area contributed by atoms with Gasteiger partial charge in [0.1, 0.15) is 0 Å². The van der Waals surface area contributed by atoms with E-state index in [9.17, 15) is 14.4 Å². The summed E-state index contributed by atoms with van der Waals surface area (Å²) in [7, 11) is 0. The van der Waals surface area contributed by atoms with Gasteiger partial charge < -0.3 is 10.2 Å². The maximum absolute atomic E-state index is 12.5. The van der Waals surface area contributed by atoms with Crippen LogP contribution in [0.15, 0.2) is 11.6 Å². The minimum absolute atomic E-state index is 0.00427. The summed E-state index contributed by atoms with van der Waals surface area (Å²) in [5.74, 6) is -3.47. The molecule has 0 radical (unpaired) electrons. The minimum Gasteiger partial charge on any atom is -0.481 e. The molecular weight excluding hydrogens is 260 g/mol. The van der Waals surface area contributed by atoms with Gasteiger partial charge in [-0.2, -0.15) is 0 Å². The molecule has 2 N–H and O–H groups in total. The Morgan fingerprint density at radius 3 is 2.35 bits per heavy atom. The number of allylic oxidation sites excluding steroid dienone is 1. The van der Waals surface area contributed by atoms with Crippen LogP contribution in [0.25, 0.3) is 0 Å². The normalized spacial score (nSPS) is 34.5. The van der Waals surface area contributed by atoms with Crippen LogP contribution in [0.3, 0.4) is 0 Å². The van der Waals surface area contributed by atoms with Crippen molar-refractivity contribution < 1.29 is 24.6 Å². The van der Waals surface area contributed by atoms with Crippen molar-refractivity contribution in [3.63, 3.8) is 0 Å². The maximum atomic E-state index is 12.5. The van der Waals surface area contributed by atoms with Crippen LogP contribution in [-0.4, -0.2) is 27.9 Å². The second kappa shape index (κ2) is 4.43. The smallest absolute Gasteiger partial charge is 0.310 e. The first-order valence-electron chi connectivity index (χ1n) is 6.82. The number of aliphatic carboxylic acids is 2. The molecule has 0 amide bonds. The average Bonchev–Trinajstić information content (AvgIpc) is 2.62. The summed E-state index contributed by atoms with van der Waals surface area (Å²) in [5, 5.41) is 17.9. The van der Waals surface area contributed by atoms with Crippen LogP contribution >= 0.6 is 0 Å². The fourth-order valence-electron chi connectivity index (χ4n) is 3.74. The van der Waals surface area contributed by atoms with Gasteiger partial charge in [-0.05, 0) is 29.7 Å². The van der Waals surface area contributed by atoms with Crippen molar-refractivity contribution >= 4 is 17.7 Å². The van der Waals surface area contributed by atoms with Crippen LogP contribution in [0.1, 0.15) is 40.0 Å². The van der Waals surface area contributed by atoms with Gasteiger partial charge in [-0.3, -0.25) is 14.4 Å². The van der Waals surface area contributed by atoms with E-state index in [1.165, 1.54) is 6.08 Å². The van der Waals surface area contributed by atoms with E-state index < -0.39 is 29.7 Å². The number of carboxylic acids is 2. The second-order valence-corrected chi connectivity index (χ2v) is 6.64. The molecule has 2 bridgehead atoms. The Morgan fingerprint density at radius 1 is 1.35 bits per heavy atom. The van der Waals surface area contributed by atoms with Gasteiger partial charge in [0.25, 0.3) is 0 Å². The second-order valence-electron chi connectivity index (χ2n) is 6.64. The van der Waals surface area contributed by atoms with Crippen molar-refractivity contribution in [3.05, 3.63) is 11.6 Å². The van der Waals surface area contributed by atoms with Crippen molar-refractivity contribution in [2.75, 3.05) is 0 Å². The summed E-state index contributed by atoms with van der Waals surface area (Å²) in [6, 6.07) is 0. The molecule has 2 aliphatic rings. The molecule has 3 atom stereocenters. The van der Waals surface area contributed by atoms with Crippen molar-refractivity contribution in [2.45, 2.75) is 40.0 Å². The average molecular weight is 280 g/mol. The molecule has 0 aromatic heterocycles. The molecule has 0 spiro atoms. The summed E-state index contributed by atoms with van der Waals surface area (Å²) in [6.07, 6.45) is 2.57. The van der Waals surface area contributed by atoms with E-state index in [1.54, 1.807) is 0 Å². The van der Waals surface area contributed by atoms with Crippen LogP contribution in [0, 0.1) is 22.7 Å². The van der Waals surface area contributed by atoms with Crippen LogP contribution in [0.5, 0.6) is 0 Å². The molecule has 2 fully saturated rings. The highest BCUT2D eigenvalue weighted by molar-refractivity contribution is 6.05. The fourth-order valence-corrected chi connectivity index (χ4v) is 3.74. The lowest BCUT2D eigenvalue weighted by Gasteiger charge is -2.31. The zero-order chi connectivity index (χ0) is 15.3. The molecule has 0 saturated heterocycles. The summed E-state index contributed by atoms with van der Waals surface area (Å²) in [6.45, 7) is 6.01. The van der Waals surface area contributed by atoms with Gasteiger partial charge in [0.05, 0.1) is 12.3 Å². The first-order chi connectivity index (χ1) is 9.11. The molecule has 110 valence electrons. The van der Waals surface area contributed by atoms with Crippen molar-refractivity contribution in [1.29, 1.82) is 0 Å². The first kappa shape index (κ1) is 14.8. The number of rotatable bonds is 4. The standard InChI is InChI=1S/C15H20O5/c1-14(2)10-4-5-15(14,3)12(18)9(10)6-8(13(19)20)7-11(16)17/h6,8,10H,4-5,7H2,1-3H3,(H,16,17)(H,19,20)/b9-6+. The molecule has 0 aromatic carbocycles. The summed E-state index contributed by atoms with van der Waals surface area (Å²) >= 11 is 0. The third kappa shape index (κ3) is 1.87. The van der Waals surface area contributed by atoms with E-state index in [4.69, 9.17) is 10.2 Å². The Morgan fingerprint density at radius 2 is 1.95 bits per heavy atom. The highest BCUT2D eigenvalue weighted by atomic mass is 16.4. The highest BCUT2D eigenvalue weighted by Gasteiger charge is 2.63. The Hall–Kier alpha value is -1.65. The van der Waals surface area contributed by atoms with E-state index >= 15 is 0 Å². The zero-order valence-electron chi connectivity index (χ0n) is 12.0. The number of hydrogen-bond donors (Lipinski definition) is 2. The number of fused-ring (bicyclic) bond motifs is 2. The summed E-state index contributed by atoms with van der Waals surface area (Å²) in [5.41, 5.74) is -0.116. The fraction of sp³-hybridized carbons (Fsp3) is 0.667. The molecule has 3 unspecified atom stereocenters. The van der Waals surface area contributed by atoms with Crippen molar-refractivity contribution in [3.8, 4) is 0 Å². The monoisotopic (exact) mass is 280 g/mol. The topological polar surface area (TPSA) is 91.7 Å². The molecule has 5 heteroatoms. The van der Waals surface area contributed by atoms with E-state index in [-0.39, 0.29) is 17.1 Å². The lowest BCUT2D eigenvalue weighted by atomic mass is 9.70. The van der Waals surface area contributed by atoms with Crippen LogP contribution in [-0.2, 0) is 14.4 Å². The third-order valence-corrected chi connectivity index (χ3v) is 5.46. The number of Topliss-reactive ketones (excluding diaryl/α,β-unsaturated/α-hetero) is 1. The number of carbonyl (C=O) groups is 3. The SMILES string of the molecule is CC12CCC(/C(=C\C(CC(=O)O)C(=O)O)C1=O)C2(C)C. The van der Waals surface area contributed by atoms with E-state index in [0.717, 1.165) is 12.8 Å². The molecule has 2 saturated carbocycles. The highest BCUT2D eigenvalue weighted by Crippen LogP contribution is 2.65. The number of ketones is 1. The predicted octanol–water partition coefficient (Wildman–Crippen LogP) is 2.11. The van der Waals surface area contributed by atoms with E-state index in [1.807, 2.05) is 20.8 Å². The number of carbonyl (C=O) groups excluding carboxylic acids is 1. The van der Waals surface area contributed by atoms with Crippen LogP contribution in [0.2, 0.25) is 0 Å². The molecule has 0 aliphatic heterocycles. The largest absolute Gasteiger partial charge is 0.481 e. The summed E-state index contributed by atoms with van der Waals surface area (Å²) < 4.78 is 0. The van der Waals surface area contributed by atoms with Crippen molar-refractivity contribution in [2.24, 2.45) is 22.7 Å². The molecule has 0 aromatic rings. The maximum Gasteiger partial charge on any atom is 0.310 e. The Labute approximate surface area is 117 Å². The van der Waals surface area contributed by atoms with Crippen LogP contribution < -0.4 is 0 Å². The molecular formula is C15H20O5. The molecule has 2 rings (SSSR count). The van der Waals surface area contributed by atoms with E-state index in [2.05, 4.69) is 0 Å².